The molecule has 158 valence electrons. The summed E-state index contributed by atoms with van der Waals surface area (Å²) in [6.45, 7) is 0.341. The van der Waals surface area contributed by atoms with E-state index in [1.807, 2.05) is 18.2 Å². The standard InChI is InChI=1S/C22H18ClN3O5/c1-30-21-11-8-17(26(28)29)12-19(21)22(27)25-24-13-15-6-9-18(10-7-15)31-14-16-4-2-3-5-20(16)23/h2-13H,14H2,1H3,(H,25,27)/b24-13-. The van der Waals surface area contributed by atoms with E-state index in [-0.39, 0.29) is 17.0 Å². The summed E-state index contributed by atoms with van der Waals surface area (Å²) in [7, 11) is 1.37. The molecule has 3 aromatic rings. The Balaban J connectivity index is 1.60. The van der Waals surface area contributed by atoms with E-state index in [4.69, 9.17) is 21.1 Å². The summed E-state index contributed by atoms with van der Waals surface area (Å²) < 4.78 is 10.8. The number of carbonyl (C=O) groups is 1. The van der Waals surface area contributed by atoms with Crippen molar-refractivity contribution in [3.8, 4) is 11.5 Å². The fraction of sp³-hybridized carbons (Fsp3) is 0.0909. The second kappa shape index (κ2) is 10.2. The van der Waals surface area contributed by atoms with Crippen molar-refractivity contribution < 1.29 is 19.2 Å². The lowest BCUT2D eigenvalue weighted by Crippen LogP contribution is -2.18. The zero-order valence-electron chi connectivity index (χ0n) is 16.4. The molecule has 3 aromatic carbocycles. The van der Waals surface area contributed by atoms with Gasteiger partial charge in [-0.15, -0.1) is 0 Å². The van der Waals surface area contributed by atoms with Crippen molar-refractivity contribution in [2.24, 2.45) is 5.10 Å². The number of methoxy groups -OCH3 is 1. The third-order valence-corrected chi connectivity index (χ3v) is 4.62. The number of benzene rings is 3. The molecule has 3 rings (SSSR count). The lowest BCUT2D eigenvalue weighted by Gasteiger charge is -2.08. The maximum atomic E-state index is 12.3. The van der Waals surface area contributed by atoms with Crippen LogP contribution in [-0.4, -0.2) is 24.2 Å². The van der Waals surface area contributed by atoms with E-state index in [1.165, 1.54) is 25.5 Å². The Bertz CT molecular complexity index is 1120. The van der Waals surface area contributed by atoms with Crippen LogP contribution in [0.15, 0.2) is 71.8 Å². The molecule has 9 heteroatoms. The van der Waals surface area contributed by atoms with Crippen molar-refractivity contribution in [3.05, 3.63) is 98.6 Å². The van der Waals surface area contributed by atoms with Crippen LogP contribution in [0.5, 0.6) is 11.5 Å². The molecule has 0 saturated heterocycles. The largest absolute Gasteiger partial charge is 0.496 e. The molecule has 0 aliphatic carbocycles. The number of amides is 1. The van der Waals surface area contributed by atoms with Crippen LogP contribution in [-0.2, 0) is 6.61 Å². The summed E-state index contributed by atoms with van der Waals surface area (Å²) in [5, 5.41) is 15.5. The first kappa shape index (κ1) is 21.8. The SMILES string of the molecule is COc1ccc([N+](=O)[O-])cc1C(=O)N/N=C\c1ccc(OCc2ccccc2Cl)cc1. The van der Waals surface area contributed by atoms with E-state index >= 15 is 0 Å². The molecular weight excluding hydrogens is 422 g/mol. The third kappa shape index (κ3) is 5.80. The molecule has 0 heterocycles. The van der Waals surface area contributed by atoms with Gasteiger partial charge in [-0.1, -0.05) is 29.8 Å². The minimum atomic E-state index is -0.628. The van der Waals surface area contributed by atoms with Crippen molar-refractivity contribution in [1.82, 2.24) is 5.43 Å². The molecule has 0 unspecified atom stereocenters. The second-order valence-corrected chi connectivity index (χ2v) is 6.70. The number of hydrazone groups is 1. The van der Waals surface area contributed by atoms with Crippen LogP contribution >= 0.6 is 11.6 Å². The van der Waals surface area contributed by atoms with Crippen LogP contribution < -0.4 is 14.9 Å². The van der Waals surface area contributed by atoms with E-state index in [0.717, 1.165) is 17.2 Å². The average Bonchev–Trinajstić information content (AvgIpc) is 2.78. The molecule has 0 bridgehead atoms. The summed E-state index contributed by atoms with van der Waals surface area (Å²) in [5.41, 5.74) is 3.73. The number of hydrogen-bond donors (Lipinski definition) is 1. The van der Waals surface area contributed by atoms with Gasteiger partial charge in [0.15, 0.2) is 0 Å². The maximum Gasteiger partial charge on any atom is 0.275 e. The van der Waals surface area contributed by atoms with E-state index in [9.17, 15) is 14.9 Å². The van der Waals surface area contributed by atoms with Crippen molar-refractivity contribution >= 4 is 29.4 Å². The molecule has 31 heavy (non-hydrogen) atoms. The number of nitro groups is 1. The van der Waals surface area contributed by atoms with Crippen molar-refractivity contribution in [1.29, 1.82) is 0 Å². The first-order valence-electron chi connectivity index (χ1n) is 9.10. The van der Waals surface area contributed by atoms with Gasteiger partial charge in [-0.3, -0.25) is 14.9 Å². The number of halogens is 1. The lowest BCUT2D eigenvalue weighted by molar-refractivity contribution is -0.384. The predicted octanol–water partition coefficient (Wildman–Crippen LogP) is 4.60. The highest BCUT2D eigenvalue weighted by atomic mass is 35.5. The van der Waals surface area contributed by atoms with Gasteiger partial charge in [0.05, 0.1) is 23.8 Å². The Labute approximate surface area is 183 Å². The molecule has 0 aliphatic heterocycles. The van der Waals surface area contributed by atoms with Gasteiger partial charge in [-0.2, -0.15) is 5.10 Å². The first-order chi connectivity index (χ1) is 15.0. The Morgan fingerprint density at radius 2 is 1.90 bits per heavy atom. The highest BCUT2D eigenvalue weighted by molar-refractivity contribution is 6.31. The lowest BCUT2D eigenvalue weighted by atomic mass is 10.1. The maximum absolute atomic E-state index is 12.3. The molecule has 0 atom stereocenters. The average molecular weight is 440 g/mol. The van der Waals surface area contributed by atoms with E-state index in [2.05, 4.69) is 10.5 Å². The third-order valence-electron chi connectivity index (χ3n) is 4.25. The number of nitro benzene ring substituents is 1. The fourth-order valence-corrected chi connectivity index (χ4v) is 2.83. The molecule has 0 fully saturated rings. The van der Waals surface area contributed by atoms with Crippen molar-refractivity contribution in [3.63, 3.8) is 0 Å². The monoisotopic (exact) mass is 439 g/mol. The number of nitrogens with zero attached hydrogens (tertiary/aromatic N) is 2. The first-order valence-corrected chi connectivity index (χ1v) is 9.48. The van der Waals surface area contributed by atoms with Crippen molar-refractivity contribution in [2.45, 2.75) is 6.61 Å². The summed E-state index contributed by atoms with van der Waals surface area (Å²) in [4.78, 5) is 22.7. The van der Waals surface area contributed by atoms with Gasteiger partial charge in [-0.05, 0) is 42.0 Å². The summed E-state index contributed by atoms with van der Waals surface area (Å²) >= 11 is 6.11. The van der Waals surface area contributed by atoms with Crippen molar-refractivity contribution in [2.75, 3.05) is 7.11 Å². The number of rotatable bonds is 8. The number of nitrogens with one attached hydrogen (secondary N) is 1. The van der Waals surface area contributed by atoms with Gasteiger partial charge >= 0.3 is 0 Å². The number of hydrogen-bond acceptors (Lipinski definition) is 6. The second-order valence-electron chi connectivity index (χ2n) is 6.29. The molecule has 0 spiro atoms. The molecule has 0 saturated carbocycles. The van der Waals surface area contributed by atoms with Crippen LogP contribution in [0.25, 0.3) is 0 Å². The van der Waals surface area contributed by atoms with Gasteiger partial charge in [0.25, 0.3) is 11.6 Å². The van der Waals surface area contributed by atoms with Crippen LogP contribution in [0.3, 0.4) is 0 Å². The Morgan fingerprint density at radius 1 is 1.16 bits per heavy atom. The van der Waals surface area contributed by atoms with Crippen LogP contribution in [0.2, 0.25) is 5.02 Å². The molecule has 1 N–H and O–H groups in total. The number of non-ortho nitro benzene ring substituents is 1. The highest BCUT2D eigenvalue weighted by Crippen LogP contribution is 2.24. The van der Waals surface area contributed by atoms with Crippen LogP contribution in [0, 0.1) is 10.1 Å². The van der Waals surface area contributed by atoms with E-state index < -0.39 is 10.8 Å². The van der Waals surface area contributed by atoms with Gasteiger partial charge in [0.2, 0.25) is 0 Å². The van der Waals surface area contributed by atoms with Gasteiger partial charge < -0.3 is 9.47 Å². The summed E-state index contributed by atoms with van der Waals surface area (Å²) in [5.74, 6) is 0.234. The summed E-state index contributed by atoms with van der Waals surface area (Å²) in [6.07, 6.45) is 1.44. The smallest absolute Gasteiger partial charge is 0.275 e. The van der Waals surface area contributed by atoms with Crippen LogP contribution in [0.4, 0.5) is 5.69 Å². The highest BCUT2D eigenvalue weighted by Gasteiger charge is 2.17. The van der Waals surface area contributed by atoms with E-state index in [0.29, 0.717) is 17.4 Å². The minimum absolute atomic E-state index is 0.0113. The Hall–Kier alpha value is -3.91. The molecule has 1 amide bonds. The number of carbonyl (C=O) groups excluding carboxylic acids is 1. The van der Waals surface area contributed by atoms with Gasteiger partial charge in [0, 0.05) is 22.7 Å². The molecule has 0 radical (unpaired) electrons. The predicted molar refractivity (Wildman–Crippen MR) is 117 cm³/mol. The molecule has 0 aliphatic rings. The Morgan fingerprint density at radius 3 is 2.58 bits per heavy atom. The quantitative estimate of drug-likeness (QED) is 0.314. The van der Waals surface area contributed by atoms with Gasteiger partial charge in [-0.25, -0.2) is 5.43 Å². The Kier molecular flexibility index (Phi) is 7.18. The topological polar surface area (TPSA) is 103 Å². The van der Waals surface area contributed by atoms with E-state index in [1.54, 1.807) is 30.3 Å². The van der Waals surface area contributed by atoms with Crippen LogP contribution in [0.1, 0.15) is 21.5 Å². The minimum Gasteiger partial charge on any atom is -0.496 e. The zero-order chi connectivity index (χ0) is 22.2. The summed E-state index contributed by atoms with van der Waals surface area (Å²) in [6, 6.07) is 18.3. The number of ether oxygens (including phenoxy) is 2. The normalized spacial score (nSPS) is 10.6. The molecule has 8 nitrogen and oxygen atoms in total. The molecule has 0 aromatic heterocycles. The molecular formula is C22H18ClN3O5. The fourth-order valence-electron chi connectivity index (χ4n) is 2.64. The van der Waals surface area contributed by atoms with Gasteiger partial charge in [0.1, 0.15) is 18.1 Å². The zero-order valence-corrected chi connectivity index (χ0v) is 17.2.